The Morgan fingerprint density at radius 1 is 1.09 bits per heavy atom. The highest BCUT2D eigenvalue weighted by molar-refractivity contribution is 7.16. The Morgan fingerprint density at radius 2 is 1.88 bits per heavy atom. The van der Waals surface area contributed by atoms with Crippen molar-refractivity contribution >= 4 is 28.1 Å². The number of carbonyl (C=O) groups excluding carboxylic acids is 1. The van der Waals surface area contributed by atoms with Gasteiger partial charge >= 0.3 is 0 Å². The number of hydrogen-bond donors (Lipinski definition) is 1. The Kier molecular flexibility index (Phi) is 4.10. The van der Waals surface area contributed by atoms with E-state index in [4.69, 9.17) is 0 Å². The zero-order chi connectivity index (χ0) is 22.0. The summed E-state index contributed by atoms with van der Waals surface area (Å²) >= 11 is 1.81. The van der Waals surface area contributed by atoms with E-state index < -0.39 is 0 Å². The first-order chi connectivity index (χ1) is 15.5. The van der Waals surface area contributed by atoms with Crippen molar-refractivity contribution in [1.82, 2.24) is 24.9 Å². The van der Waals surface area contributed by atoms with Crippen molar-refractivity contribution in [3.63, 3.8) is 0 Å². The second-order valence-corrected chi connectivity index (χ2v) is 9.51. The number of amides is 1. The van der Waals surface area contributed by atoms with E-state index in [1.807, 2.05) is 53.5 Å². The van der Waals surface area contributed by atoms with Crippen LogP contribution in [0.25, 0.3) is 43.9 Å². The smallest absolute Gasteiger partial charge is 0.253 e. The van der Waals surface area contributed by atoms with Gasteiger partial charge < -0.3 is 4.90 Å². The maximum absolute atomic E-state index is 12.2. The molecule has 0 aliphatic heterocycles. The van der Waals surface area contributed by atoms with E-state index in [9.17, 15) is 4.79 Å². The zero-order valence-electron chi connectivity index (χ0n) is 18.0. The summed E-state index contributed by atoms with van der Waals surface area (Å²) in [6.45, 7) is 0. The minimum Gasteiger partial charge on any atom is -0.345 e. The van der Waals surface area contributed by atoms with E-state index >= 15 is 0 Å². The van der Waals surface area contributed by atoms with Crippen LogP contribution in [0, 0.1) is 0 Å². The van der Waals surface area contributed by atoms with E-state index in [1.54, 1.807) is 19.0 Å². The summed E-state index contributed by atoms with van der Waals surface area (Å²) < 4.78 is 1.90. The highest BCUT2D eigenvalue weighted by Crippen LogP contribution is 2.46. The number of H-pyrrole nitrogens is 1. The van der Waals surface area contributed by atoms with Crippen molar-refractivity contribution in [2.24, 2.45) is 7.05 Å². The zero-order valence-corrected chi connectivity index (χ0v) is 18.8. The van der Waals surface area contributed by atoms with Crippen LogP contribution in [-0.2, 0) is 13.5 Å². The minimum absolute atomic E-state index is 0.0177. The van der Waals surface area contributed by atoms with E-state index in [1.165, 1.54) is 20.9 Å². The third-order valence-electron chi connectivity index (χ3n) is 6.13. The molecule has 6 nitrogen and oxygen atoms in total. The van der Waals surface area contributed by atoms with Crippen LogP contribution >= 0.6 is 11.3 Å². The quantitative estimate of drug-likeness (QED) is 0.424. The monoisotopic (exact) mass is 439 g/mol. The molecule has 1 aliphatic carbocycles. The van der Waals surface area contributed by atoms with Crippen molar-refractivity contribution < 1.29 is 4.79 Å². The van der Waals surface area contributed by atoms with Gasteiger partial charge in [-0.3, -0.25) is 14.6 Å². The number of nitrogens with zero attached hydrogens (tertiary/aromatic N) is 4. The molecule has 0 radical (unpaired) electrons. The van der Waals surface area contributed by atoms with Gasteiger partial charge in [0.1, 0.15) is 0 Å². The van der Waals surface area contributed by atoms with Crippen LogP contribution in [0.5, 0.6) is 0 Å². The summed E-state index contributed by atoms with van der Waals surface area (Å²) in [4.78, 5) is 16.3. The van der Waals surface area contributed by atoms with E-state index in [0.29, 0.717) is 5.56 Å². The molecule has 158 valence electrons. The fourth-order valence-corrected chi connectivity index (χ4v) is 5.58. The molecule has 2 aromatic carbocycles. The van der Waals surface area contributed by atoms with Crippen molar-refractivity contribution in [2.75, 3.05) is 14.1 Å². The molecule has 6 rings (SSSR count). The molecule has 0 unspecified atom stereocenters. The number of aromatic nitrogens is 4. The van der Waals surface area contributed by atoms with Gasteiger partial charge in [0.05, 0.1) is 23.1 Å². The molecule has 0 saturated heterocycles. The van der Waals surface area contributed by atoms with Gasteiger partial charge in [-0.1, -0.05) is 24.3 Å². The van der Waals surface area contributed by atoms with Crippen LogP contribution in [0.3, 0.4) is 0 Å². The van der Waals surface area contributed by atoms with Crippen LogP contribution in [0.15, 0.2) is 54.7 Å². The lowest BCUT2D eigenvalue weighted by atomic mass is 10.0. The van der Waals surface area contributed by atoms with Gasteiger partial charge in [0.25, 0.3) is 5.91 Å². The highest BCUT2D eigenvalue weighted by atomic mass is 32.1. The lowest BCUT2D eigenvalue weighted by Gasteiger charge is -2.10. The molecule has 3 heterocycles. The molecule has 5 aromatic rings. The van der Waals surface area contributed by atoms with E-state index in [0.717, 1.165) is 39.8 Å². The number of carbonyl (C=O) groups is 1. The van der Waals surface area contributed by atoms with Gasteiger partial charge in [-0.2, -0.15) is 10.2 Å². The number of rotatable bonds is 3. The molecule has 32 heavy (non-hydrogen) atoms. The first-order valence-corrected chi connectivity index (χ1v) is 11.3. The number of thiophene rings is 1. The molecule has 0 saturated carbocycles. The first kappa shape index (κ1) is 19.0. The lowest BCUT2D eigenvalue weighted by molar-refractivity contribution is 0.0827. The summed E-state index contributed by atoms with van der Waals surface area (Å²) in [5.41, 5.74) is 8.65. The number of benzene rings is 2. The molecule has 1 amide bonds. The predicted molar refractivity (Wildman–Crippen MR) is 128 cm³/mol. The molecule has 0 atom stereocenters. The first-order valence-electron chi connectivity index (χ1n) is 10.4. The third kappa shape index (κ3) is 2.81. The minimum atomic E-state index is 0.0177. The highest BCUT2D eigenvalue weighted by Gasteiger charge is 2.28. The Balaban J connectivity index is 1.34. The van der Waals surface area contributed by atoms with Crippen LogP contribution < -0.4 is 0 Å². The van der Waals surface area contributed by atoms with Gasteiger partial charge in [-0.15, -0.1) is 11.3 Å². The normalized spacial score (nSPS) is 12.2. The van der Waals surface area contributed by atoms with Crippen molar-refractivity contribution in [3.05, 3.63) is 70.7 Å². The van der Waals surface area contributed by atoms with Gasteiger partial charge in [-0.25, -0.2) is 0 Å². The largest absolute Gasteiger partial charge is 0.345 e. The maximum Gasteiger partial charge on any atom is 0.253 e. The molecular formula is C25H21N5OS. The molecule has 1 N–H and O–H groups in total. The van der Waals surface area contributed by atoms with E-state index in [2.05, 4.69) is 39.6 Å². The summed E-state index contributed by atoms with van der Waals surface area (Å²) in [5, 5.41) is 13.4. The molecule has 3 aromatic heterocycles. The number of hydrogen-bond acceptors (Lipinski definition) is 4. The number of aromatic amines is 1. The van der Waals surface area contributed by atoms with Gasteiger partial charge in [0, 0.05) is 65.0 Å². The summed E-state index contributed by atoms with van der Waals surface area (Å²) in [6, 6.07) is 16.5. The molecule has 0 bridgehead atoms. The SMILES string of the molecule is CN(C)C(=O)c1ccc(-c2cc3c(s2)Cc2c(-c4ccc5cnn(C)c5c4)n[nH]c2-3)cc1. The average Bonchev–Trinajstić information content (AvgIpc) is 3.55. The molecular weight excluding hydrogens is 418 g/mol. The van der Waals surface area contributed by atoms with E-state index in [-0.39, 0.29) is 5.91 Å². The van der Waals surface area contributed by atoms with Gasteiger partial charge in [0.2, 0.25) is 0 Å². The molecule has 7 heteroatoms. The Labute approximate surface area is 189 Å². The molecule has 0 spiro atoms. The van der Waals surface area contributed by atoms with Crippen molar-refractivity contribution in [1.29, 1.82) is 0 Å². The van der Waals surface area contributed by atoms with Crippen molar-refractivity contribution in [2.45, 2.75) is 6.42 Å². The molecule has 0 fully saturated rings. The van der Waals surface area contributed by atoms with Crippen LogP contribution in [-0.4, -0.2) is 44.9 Å². The van der Waals surface area contributed by atoms with Crippen LogP contribution in [0.1, 0.15) is 20.8 Å². The predicted octanol–water partition coefficient (Wildman–Crippen LogP) is 4.96. The number of aryl methyl sites for hydroxylation is 1. The average molecular weight is 440 g/mol. The number of fused-ring (bicyclic) bond motifs is 4. The summed E-state index contributed by atoms with van der Waals surface area (Å²) in [7, 11) is 5.50. The van der Waals surface area contributed by atoms with Crippen LogP contribution in [0.2, 0.25) is 0 Å². The standard InChI is InChI=1S/C25H21N5OS/c1-29(2)25(31)15-6-4-14(5-7-15)21-11-18-22(32-21)12-19-23(27-28-24(18)19)16-8-9-17-13-26-30(3)20(17)10-16/h4-11,13H,12H2,1-3H3,(H,27,28). The fraction of sp³-hybridized carbons (Fsp3) is 0.160. The van der Waals surface area contributed by atoms with Gasteiger partial charge in [0.15, 0.2) is 0 Å². The molecule has 1 aliphatic rings. The third-order valence-corrected chi connectivity index (χ3v) is 7.31. The second kappa shape index (κ2) is 6.90. The van der Waals surface area contributed by atoms with Gasteiger partial charge in [-0.05, 0) is 29.8 Å². The van der Waals surface area contributed by atoms with Crippen LogP contribution in [0.4, 0.5) is 0 Å². The summed E-state index contributed by atoms with van der Waals surface area (Å²) in [5.74, 6) is 0.0177. The number of nitrogens with one attached hydrogen (secondary N) is 1. The maximum atomic E-state index is 12.2. The fourth-order valence-electron chi connectivity index (χ4n) is 4.40. The van der Waals surface area contributed by atoms with Crippen molar-refractivity contribution in [3.8, 4) is 33.0 Å². The Morgan fingerprint density at radius 3 is 2.66 bits per heavy atom. The topological polar surface area (TPSA) is 66.8 Å². The lowest BCUT2D eigenvalue weighted by Crippen LogP contribution is -2.21. The Hall–Kier alpha value is -3.71. The summed E-state index contributed by atoms with van der Waals surface area (Å²) in [6.07, 6.45) is 2.76. The Bertz CT molecular complexity index is 1500. The second-order valence-electron chi connectivity index (χ2n) is 8.37.